The van der Waals surface area contributed by atoms with Gasteiger partial charge in [-0.25, -0.2) is 0 Å². The second-order valence-corrected chi connectivity index (χ2v) is 3.95. The fourth-order valence-corrected chi connectivity index (χ4v) is 1.81. The van der Waals surface area contributed by atoms with Gasteiger partial charge in [0.05, 0.1) is 0 Å². The normalized spacial score (nSPS) is 12.3. The van der Waals surface area contributed by atoms with Crippen LogP contribution in [-0.4, -0.2) is 17.2 Å². The number of rotatable bonds is 6. The Kier molecular flexibility index (Phi) is 4.30. The SMILES string of the molecule is CCC(NC)c1ccc(OCc2ncon2)cc1. The van der Waals surface area contributed by atoms with E-state index in [-0.39, 0.29) is 0 Å². The fourth-order valence-electron chi connectivity index (χ4n) is 1.81. The summed E-state index contributed by atoms with van der Waals surface area (Å²) in [6.45, 7) is 2.47. The monoisotopic (exact) mass is 247 g/mol. The number of hydrogen-bond acceptors (Lipinski definition) is 5. The predicted molar refractivity (Wildman–Crippen MR) is 67.2 cm³/mol. The molecular weight excluding hydrogens is 230 g/mol. The van der Waals surface area contributed by atoms with Crippen molar-refractivity contribution in [2.45, 2.75) is 26.0 Å². The van der Waals surface area contributed by atoms with Crippen molar-refractivity contribution in [3.8, 4) is 5.75 Å². The number of nitrogens with zero attached hydrogens (tertiary/aromatic N) is 2. The molecule has 0 bridgehead atoms. The summed E-state index contributed by atoms with van der Waals surface area (Å²) in [5.41, 5.74) is 1.26. The molecule has 0 aliphatic carbocycles. The van der Waals surface area contributed by atoms with Crippen LogP contribution in [0.4, 0.5) is 0 Å². The van der Waals surface area contributed by atoms with Gasteiger partial charge in [-0.15, -0.1) is 0 Å². The molecule has 2 aromatic rings. The van der Waals surface area contributed by atoms with Crippen molar-refractivity contribution >= 4 is 0 Å². The molecule has 1 N–H and O–H groups in total. The molecule has 0 radical (unpaired) electrons. The minimum absolute atomic E-state index is 0.319. The molecule has 0 amide bonds. The molecule has 18 heavy (non-hydrogen) atoms. The van der Waals surface area contributed by atoms with Gasteiger partial charge in [0.15, 0.2) is 6.61 Å². The second kappa shape index (κ2) is 6.16. The zero-order valence-corrected chi connectivity index (χ0v) is 10.6. The lowest BCUT2D eigenvalue weighted by molar-refractivity contribution is 0.286. The highest BCUT2D eigenvalue weighted by Gasteiger charge is 2.06. The van der Waals surface area contributed by atoms with Gasteiger partial charge in [-0.2, -0.15) is 4.98 Å². The number of hydrogen-bond donors (Lipinski definition) is 1. The molecule has 0 aliphatic rings. The van der Waals surface area contributed by atoms with E-state index in [4.69, 9.17) is 4.74 Å². The summed E-state index contributed by atoms with van der Waals surface area (Å²) in [6, 6.07) is 8.42. The van der Waals surface area contributed by atoms with E-state index in [9.17, 15) is 0 Å². The zero-order chi connectivity index (χ0) is 12.8. The van der Waals surface area contributed by atoms with Crippen molar-refractivity contribution < 1.29 is 9.26 Å². The van der Waals surface area contributed by atoms with E-state index in [1.54, 1.807) is 0 Å². The lowest BCUT2D eigenvalue weighted by Gasteiger charge is -2.14. The van der Waals surface area contributed by atoms with Crippen LogP contribution < -0.4 is 10.1 Å². The Balaban J connectivity index is 1.95. The maximum atomic E-state index is 5.55. The van der Waals surface area contributed by atoms with E-state index in [0.29, 0.717) is 18.5 Å². The third-order valence-corrected chi connectivity index (χ3v) is 2.81. The molecule has 0 spiro atoms. The van der Waals surface area contributed by atoms with E-state index >= 15 is 0 Å². The second-order valence-electron chi connectivity index (χ2n) is 3.95. The summed E-state index contributed by atoms with van der Waals surface area (Å²) >= 11 is 0. The fraction of sp³-hybridized carbons (Fsp3) is 0.385. The lowest BCUT2D eigenvalue weighted by Crippen LogP contribution is -2.14. The van der Waals surface area contributed by atoms with Crippen LogP contribution in [-0.2, 0) is 6.61 Å². The summed E-state index contributed by atoms with van der Waals surface area (Å²) in [4.78, 5) is 3.89. The number of ether oxygens (including phenoxy) is 1. The maximum absolute atomic E-state index is 5.55. The highest BCUT2D eigenvalue weighted by Crippen LogP contribution is 2.20. The molecule has 0 saturated heterocycles. The summed E-state index contributed by atoms with van der Waals surface area (Å²) in [5, 5.41) is 6.95. The van der Waals surface area contributed by atoms with Crippen molar-refractivity contribution in [1.82, 2.24) is 15.5 Å². The van der Waals surface area contributed by atoms with Gasteiger partial charge in [-0.05, 0) is 31.2 Å². The van der Waals surface area contributed by atoms with Gasteiger partial charge in [0.2, 0.25) is 12.2 Å². The van der Waals surface area contributed by atoms with Gasteiger partial charge < -0.3 is 14.6 Å². The Morgan fingerprint density at radius 3 is 2.67 bits per heavy atom. The highest BCUT2D eigenvalue weighted by atomic mass is 16.5. The zero-order valence-electron chi connectivity index (χ0n) is 10.6. The topological polar surface area (TPSA) is 60.2 Å². The first kappa shape index (κ1) is 12.6. The Morgan fingerprint density at radius 1 is 1.33 bits per heavy atom. The van der Waals surface area contributed by atoms with Gasteiger partial charge in [0.1, 0.15) is 5.75 Å². The first-order chi connectivity index (χ1) is 8.83. The maximum Gasteiger partial charge on any atom is 0.213 e. The third kappa shape index (κ3) is 3.07. The first-order valence-electron chi connectivity index (χ1n) is 5.98. The summed E-state index contributed by atoms with van der Waals surface area (Å²) < 4.78 is 10.2. The third-order valence-electron chi connectivity index (χ3n) is 2.81. The molecule has 0 fully saturated rings. The molecule has 1 aromatic heterocycles. The molecule has 2 rings (SSSR count). The lowest BCUT2D eigenvalue weighted by atomic mass is 10.1. The van der Waals surface area contributed by atoms with Crippen LogP contribution in [0.3, 0.4) is 0 Å². The summed E-state index contributed by atoms with van der Waals surface area (Å²) in [7, 11) is 1.97. The number of nitrogens with one attached hydrogen (secondary N) is 1. The largest absolute Gasteiger partial charge is 0.485 e. The van der Waals surface area contributed by atoms with Gasteiger partial charge in [0.25, 0.3) is 0 Å². The molecule has 1 heterocycles. The quantitative estimate of drug-likeness (QED) is 0.848. The minimum atomic E-state index is 0.319. The first-order valence-corrected chi connectivity index (χ1v) is 5.98. The van der Waals surface area contributed by atoms with E-state index in [1.807, 2.05) is 19.2 Å². The van der Waals surface area contributed by atoms with E-state index in [1.165, 1.54) is 12.0 Å². The highest BCUT2D eigenvalue weighted by molar-refractivity contribution is 5.29. The predicted octanol–water partition coefficient (Wildman–Crippen LogP) is 2.32. The van der Waals surface area contributed by atoms with Crippen LogP contribution in [0.15, 0.2) is 35.2 Å². The van der Waals surface area contributed by atoms with Crippen molar-refractivity contribution in [2.24, 2.45) is 0 Å². The molecular formula is C13H17N3O2. The van der Waals surface area contributed by atoms with Crippen molar-refractivity contribution in [3.63, 3.8) is 0 Å². The Morgan fingerprint density at radius 2 is 2.11 bits per heavy atom. The van der Waals surface area contributed by atoms with Crippen LogP contribution in [0.5, 0.6) is 5.75 Å². The number of benzene rings is 1. The number of aromatic nitrogens is 2. The standard InChI is InChI=1S/C13H17N3O2/c1-3-12(14-2)10-4-6-11(7-5-10)17-8-13-15-9-18-16-13/h4-7,9,12,14H,3,8H2,1-2H3. The van der Waals surface area contributed by atoms with Crippen molar-refractivity contribution in [3.05, 3.63) is 42.0 Å². The molecule has 1 unspecified atom stereocenters. The molecule has 0 aliphatic heterocycles. The molecule has 96 valence electrons. The van der Waals surface area contributed by atoms with Crippen molar-refractivity contribution in [2.75, 3.05) is 7.05 Å². The summed E-state index contributed by atoms with van der Waals surface area (Å²) in [5.74, 6) is 1.34. The van der Waals surface area contributed by atoms with Crippen LogP contribution in [0.25, 0.3) is 0 Å². The van der Waals surface area contributed by atoms with E-state index in [2.05, 4.69) is 39.0 Å². The molecule has 0 saturated carbocycles. The van der Waals surface area contributed by atoms with Crippen LogP contribution >= 0.6 is 0 Å². The average Bonchev–Trinajstić information content (AvgIpc) is 2.92. The van der Waals surface area contributed by atoms with Gasteiger partial charge in [-0.3, -0.25) is 0 Å². The molecule has 5 nitrogen and oxygen atoms in total. The van der Waals surface area contributed by atoms with Gasteiger partial charge in [-0.1, -0.05) is 24.2 Å². The van der Waals surface area contributed by atoms with Gasteiger partial charge >= 0.3 is 0 Å². The van der Waals surface area contributed by atoms with Crippen LogP contribution in [0, 0.1) is 0 Å². The van der Waals surface area contributed by atoms with Crippen molar-refractivity contribution in [1.29, 1.82) is 0 Å². The molecule has 1 aromatic carbocycles. The Labute approximate surface area is 106 Å². The minimum Gasteiger partial charge on any atom is -0.485 e. The van der Waals surface area contributed by atoms with E-state index in [0.717, 1.165) is 12.2 Å². The van der Waals surface area contributed by atoms with E-state index < -0.39 is 0 Å². The Hall–Kier alpha value is -1.88. The molecule has 5 heteroatoms. The average molecular weight is 247 g/mol. The van der Waals surface area contributed by atoms with Crippen LogP contribution in [0.1, 0.15) is 30.8 Å². The Bertz CT molecular complexity index is 450. The summed E-state index contributed by atoms with van der Waals surface area (Å²) in [6.07, 6.45) is 2.35. The van der Waals surface area contributed by atoms with Gasteiger partial charge in [0, 0.05) is 6.04 Å². The van der Waals surface area contributed by atoms with Crippen LogP contribution in [0.2, 0.25) is 0 Å². The smallest absolute Gasteiger partial charge is 0.213 e. The molecule has 1 atom stereocenters.